The van der Waals surface area contributed by atoms with E-state index in [0.717, 1.165) is 30.8 Å². The minimum Gasteiger partial charge on any atom is -0.494 e. The van der Waals surface area contributed by atoms with Gasteiger partial charge in [-0.1, -0.05) is 0 Å². The molecule has 28 heavy (non-hydrogen) atoms. The van der Waals surface area contributed by atoms with Crippen LogP contribution >= 0.6 is 0 Å². The van der Waals surface area contributed by atoms with Crippen molar-refractivity contribution in [3.63, 3.8) is 0 Å². The van der Waals surface area contributed by atoms with Gasteiger partial charge in [0, 0.05) is 31.7 Å². The first-order chi connectivity index (χ1) is 13.5. The highest BCUT2D eigenvalue weighted by atomic mass is 32.2. The van der Waals surface area contributed by atoms with Crippen LogP contribution < -0.4 is 4.74 Å². The van der Waals surface area contributed by atoms with Gasteiger partial charge in [0.1, 0.15) is 5.75 Å². The lowest BCUT2D eigenvalue weighted by Crippen LogP contribution is -2.64. The number of rotatable bonds is 5. The van der Waals surface area contributed by atoms with Gasteiger partial charge in [-0.2, -0.15) is 4.31 Å². The normalized spacial score (nSPS) is 36.0. The monoisotopic (exact) mass is 404 g/mol. The van der Waals surface area contributed by atoms with E-state index in [9.17, 15) is 8.42 Å². The van der Waals surface area contributed by atoms with Gasteiger partial charge in [0.25, 0.3) is 0 Å². The van der Waals surface area contributed by atoms with Crippen molar-refractivity contribution in [2.45, 2.75) is 55.9 Å². The lowest BCUT2D eigenvalue weighted by molar-refractivity contribution is -0.0964. The number of piperazine rings is 1. The molecule has 1 aromatic carbocycles. The Hall–Kier alpha value is -1.11. The Morgan fingerprint density at radius 1 is 0.929 bits per heavy atom. The molecule has 6 heteroatoms. The SMILES string of the molecule is CCOc1ccc(S(=O)(=O)N2CCN(C34CC5CC(CC(C5)C3)C4)CC2)cc1. The zero-order valence-electron chi connectivity index (χ0n) is 16.8. The van der Waals surface area contributed by atoms with Gasteiger partial charge in [0.15, 0.2) is 0 Å². The lowest BCUT2D eigenvalue weighted by Gasteiger charge is -2.61. The first-order valence-corrected chi connectivity index (χ1v) is 12.4. The average molecular weight is 405 g/mol. The van der Waals surface area contributed by atoms with Crippen LogP contribution in [0.25, 0.3) is 0 Å². The average Bonchev–Trinajstić information content (AvgIpc) is 2.68. The topological polar surface area (TPSA) is 49.9 Å². The molecule has 4 bridgehead atoms. The summed E-state index contributed by atoms with van der Waals surface area (Å²) in [7, 11) is -3.42. The lowest BCUT2D eigenvalue weighted by atomic mass is 9.52. The van der Waals surface area contributed by atoms with Crippen molar-refractivity contribution >= 4 is 10.0 Å². The van der Waals surface area contributed by atoms with Gasteiger partial charge in [-0.25, -0.2) is 8.42 Å². The van der Waals surface area contributed by atoms with Gasteiger partial charge in [-0.05, 0) is 87.5 Å². The second-order valence-corrected chi connectivity index (χ2v) is 11.4. The number of sulfonamides is 1. The second-order valence-electron chi connectivity index (χ2n) is 9.44. The molecule has 0 atom stereocenters. The molecule has 0 unspecified atom stereocenters. The molecule has 0 aromatic heterocycles. The molecule has 4 saturated carbocycles. The minimum absolute atomic E-state index is 0.374. The zero-order chi connectivity index (χ0) is 19.4. The van der Waals surface area contributed by atoms with Crippen LogP contribution in [-0.4, -0.2) is 55.9 Å². The molecule has 1 saturated heterocycles. The molecule has 5 aliphatic rings. The molecule has 4 aliphatic carbocycles. The summed E-state index contributed by atoms with van der Waals surface area (Å²) >= 11 is 0. The van der Waals surface area contributed by atoms with Crippen LogP contribution in [0, 0.1) is 17.8 Å². The maximum absolute atomic E-state index is 13.1. The predicted octanol–water partition coefficient (Wildman–Crippen LogP) is 3.36. The Kier molecular flexibility index (Phi) is 4.72. The largest absolute Gasteiger partial charge is 0.494 e. The molecule has 1 heterocycles. The Morgan fingerprint density at radius 2 is 1.46 bits per heavy atom. The number of nitrogens with zero attached hydrogens (tertiary/aromatic N) is 2. The highest BCUT2D eigenvalue weighted by Crippen LogP contribution is 2.57. The third-order valence-corrected chi connectivity index (χ3v) is 9.60. The van der Waals surface area contributed by atoms with Gasteiger partial charge in [-0.15, -0.1) is 0 Å². The molecule has 0 N–H and O–H groups in total. The second kappa shape index (κ2) is 6.99. The van der Waals surface area contributed by atoms with Crippen LogP contribution in [0.15, 0.2) is 29.2 Å². The van der Waals surface area contributed by atoms with Crippen molar-refractivity contribution in [3.05, 3.63) is 24.3 Å². The van der Waals surface area contributed by atoms with E-state index in [1.54, 1.807) is 28.6 Å². The Balaban J connectivity index is 1.27. The summed E-state index contributed by atoms with van der Waals surface area (Å²) in [5.74, 6) is 3.50. The highest BCUT2D eigenvalue weighted by molar-refractivity contribution is 7.89. The van der Waals surface area contributed by atoms with Gasteiger partial charge < -0.3 is 4.74 Å². The summed E-state index contributed by atoms with van der Waals surface area (Å²) in [6, 6.07) is 6.85. The molecule has 154 valence electrons. The molecule has 0 amide bonds. The van der Waals surface area contributed by atoms with Crippen LogP contribution in [0.5, 0.6) is 5.75 Å². The summed E-state index contributed by atoms with van der Waals surface area (Å²) in [4.78, 5) is 3.04. The Bertz CT molecular complexity index is 777. The van der Waals surface area contributed by atoms with E-state index < -0.39 is 10.0 Å². The molecule has 5 nitrogen and oxygen atoms in total. The van der Waals surface area contributed by atoms with E-state index in [-0.39, 0.29) is 0 Å². The molecule has 1 aromatic rings. The van der Waals surface area contributed by atoms with E-state index in [1.807, 2.05) is 6.92 Å². The number of ether oxygens (including phenoxy) is 1. The van der Waals surface area contributed by atoms with Crippen molar-refractivity contribution in [1.29, 1.82) is 0 Å². The molecular weight excluding hydrogens is 372 g/mol. The molecular formula is C22H32N2O3S. The van der Waals surface area contributed by atoms with Crippen molar-refractivity contribution in [1.82, 2.24) is 9.21 Å². The minimum atomic E-state index is -3.42. The maximum Gasteiger partial charge on any atom is 0.243 e. The first kappa shape index (κ1) is 18.9. The van der Waals surface area contributed by atoms with Crippen molar-refractivity contribution < 1.29 is 13.2 Å². The third kappa shape index (κ3) is 3.17. The Labute approximate surface area is 169 Å². The fourth-order valence-corrected chi connectivity index (χ4v) is 8.30. The number of benzene rings is 1. The fourth-order valence-electron chi connectivity index (χ4n) is 6.88. The standard InChI is InChI=1S/C22H32N2O3S/c1-2-27-20-3-5-21(6-4-20)28(25,26)24-9-7-23(8-10-24)22-14-17-11-18(15-22)13-19(12-17)16-22/h3-6,17-19H,2,7-16H2,1H3. The van der Waals surface area contributed by atoms with E-state index in [2.05, 4.69) is 4.90 Å². The molecule has 6 rings (SSSR count). The molecule has 0 spiro atoms. The molecule has 5 fully saturated rings. The summed E-state index contributed by atoms with van der Waals surface area (Å²) in [5, 5.41) is 0. The van der Waals surface area contributed by atoms with E-state index in [1.165, 1.54) is 38.5 Å². The van der Waals surface area contributed by atoms with Gasteiger partial charge in [0.2, 0.25) is 10.0 Å². The third-order valence-electron chi connectivity index (χ3n) is 7.69. The quantitative estimate of drug-likeness (QED) is 0.755. The smallest absolute Gasteiger partial charge is 0.243 e. The van der Waals surface area contributed by atoms with Crippen molar-refractivity contribution in [2.24, 2.45) is 17.8 Å². The molecule has 0 radical (unpaired) electrons. The van der Waals surface area contributed by atoms with Crippen LogP contribution in [0.4, 0.5) is 0 Å². The Morgan fingerprint density at radius 3 is 1.96 bits per heavy atom. The number of hydrogen-bond donors (Lipinski definition) is 0. The fraction of sp³-hybridized carbons (Fsp3) is 0.727. The van der Waals surface area contributed by atoms with E-state index >= 15 is 0 Å². The van der Waals surface area contributed by atoms with Gasteiger partial charge in [-0.3, -0.25) is 4.90 Å². The zero-order valence-corrected chi connectivity index (χ0v) is 17.7. The molecule has 1 aliphatic heterocycles. The van der Waals surface area contributed by atoms with Crippen LogP contribution in [0.1, 0.15) is 45.4 Å². The van der Waals surface area contributed by atoms with Gasteiger partial charge >= 0.3 is 0 Å². The summed E-state index contributed by atoms with van der Waals surface area (Å²) < 4.78 is 33.3. The summed E-state index contributed by atoms with van der Waals surface area (Å²) in [6.45, 7) is 5.48. The van der Waals surface area contributed by atoms with E-state index in [4.69, 9.17) is 4.74 Å². The van der Waals surface area contributed by atoms with Crippen LogP contribution in [0.3, 0.4) is 0 Å². The highest BCUT2D eigenvalue weighted by Gasteiger charge is 2.53. The van der Waals surface area contributed by atoms with Crippen LogP contribution in [0.2, 0.25) is 0 Å². The van der Waals surface area contributed by atoms with Crippen molar-refractivity contribution in [3.8, 4) is 5.75 Å². The maximum atomic E-state index is 13.1. The van der Waals surface area contributed by atoms with Gasteiger partial charge in [0.05, 0.1) is 11.5 Å². The number of hydrogen-bond acceptors (Lipinski definition) is 4. The van der Waals surface area contributed by atoms with Crippen molar-refractivity contribution in [2.75, 3.05) is 32.8 Å². The first-order valence-electron chi connectivity index (χ1n) is 11.0. The predicted molar refractivity (Wildman–Crippen MR) is 109 cm³/mol. The summed E-state index contributed by atoms with van der Waals surface area (Å²) in [5.41, 5.74) is 0.379. The van der Waals surface area contributed by atoms with E-state index in [0.29, 0.717) is 35.9 Å². The van der Waals surface area contributed by atoms with Crippen LogP contribution in [-0.2, 0) is 10.0 Å². The summed E-state index contributed by atoms with van der Waals surface area (Å²) in [6.07, 6.45) is 8.40.